The number of aromatic nitrogens is 2. The summed E-state index contributed by atoms with van der Waals surface area (Å²) in [6.07, 6.45) is 6.01. The lowest BCUT2D eigenvalue weighted by atomic mass is 9.41. The number of aryl methyl sites for hydroxylation is 1. The summed E-state index contributed by atoms with van der Waals surface area (Å²) in [7, 11) is 12.6. The standard InChI is InChI=1S/C27H34B6N4O3/c1-14-20(24(40-36-14)26(28,29)30)17-11-18-22(34-12-17)21-19(13-35-25(21)39-27(31,32)33)37(18)23(15-5-3-2-4-6-15)16-7-9-38-10-8-16/h2-6,11-13,16,19,23H,7-10,28-33H2,1H3/t19?,23-/m1/s1. The van der Waals surface area contributed by atoms with Crippen LogP contribution in [0.25, 0.3) is 16.7 Å². The molecule has 2 atom stereocenters. The van der Waals surface area contributed by atoms with Gasteiger partial charge in [0.15, 0.2) is 0 Å². The van der Waals surface area contributed by atoms with E-state index in [2.05, 4.69) is 93.5 Å². The molecule has 13 heteroatoms. The lowest BCUT2D eigenvalue weighted by Crippen LogP contribution is -2.41. The fourth-order valence-corrected chi connectivity index (χ4v) is 6.26. The van der Waals surface area contributed by atoms with E-state index >= 15 is 0 Å². The van der Waals surface area contributed by atoms with Gasteiger partial charge >= 0.3 is 0 Å². The van der Waals surface area contributed by atoms with Gasteiger partial charge in [0, 0.05) is 42.1 Å². The molecule has 1 fully saturated rings. The van der Waals surface area contributed by atoms with Crippen LogP contribution in [0.2, 0.25) is 0 Å². The molecular weight excluding hydrogens is 493 g/mol. The molecule has 0 bridgehead atoms. The molecule has 0 aliphatic carbocycles. The van der Waals surface area contributed by atoms with Crippen LogP contribution in [-0.4, -0.2) is 88.0 Å². The van der Waals surface area contributed by atoms with Gasteiger partial charge in [0.1, 0.15) is 29.3 Å². The highest BCUT2D eigenvalue weighted by atomic mass is 16.5. The van der Waals surface area contributed by atoms with Gasteiger partial charge in [0.25, 0.3) is 0 Å². The van der Waals surface area contributed by atoms with Crippen LogP contribution in [0, 0.1) is 12.8 Å². The zero-order valence-electron chi connectivity index (χ0n) is 24.7. The lowest BCUT2D eigenvalue weighted by Gasteiger charge is -2.40. The number of anilines is 1. The Balaban J connectivity index is 1.56. The molecule has 3 aromatic rings. The summed E-state index contributed by atoms with van der Waals surface area (Å²) in [4.78, 5) is 12.5. The van der Waals surface area contributed by atoms with Crippen molar-refractivity contribution in [2.75, 3.05) is 18.1 Å². The Morgan fingerprint density at radius 1 is 1.05 bits per heavy atom. The number of pyridine rings is 1. The van der Waals surface area contributed by atoms with Gasteiger partial charge in [-0.3, -0.25) is 4.98 Å². The van der Waals surface area contributed by atoms with Crippen molar-refractivity contribution in [3.8, 4) is 11.1 Å². The summed E-state index contributed by atoms with van der Waals surface area (Å²) >= 11 is 0. The molecule has 198 valence electrons. The molecule has 6 rings (SSSR count). The first-order valence-electron chi connectivity index (χ1n) is 14.4. The second kappa shape index (κ2) is 10.1. The quantitative estimate of drug-likeness (QED) is 0.356. The normalized spacial score (nSPS) is 20.0. The Hall–Kier alpha value is -3.06. The molecule has 1 unspecified atom stereocenters. The summed E-state index contributed by atoms with van der Waals surface area (Å²) in [5, 5.41) is 3.79. The molecule has 0 amide bonds. The van der Waals surface area contributed by atoms with Crippen LogP contribution in [0.3, 0.4) is 0 Å². The van der Waals surface area contributed by atoms with Gasteiger partial charge in [-0.25, -0.2) is 4.99 Å². The number of rotatable bonds is 7. The molecule has 3 aliphatic heterocycles. The highest BCUT2D eigenvalue weighted by Gasteiger charge is 2.46. The Morgan fingerprint density at radius 3 is 2.45 bits per heavy atom. The predicted molar refractivity (Wildman–Crippen MR) is 176 cm³/mol. The fourth-order valence-electron chi connectivity index (χ4n) is 6.26. The van der Waals surface area contributed by atoms with E-state index in [-0.39, 0.29) is 22.5 Å². The monoisotopic (exact) mass is 528 g/mol. The molecule has 40 heavy (non-hydrogen) atoms. The van der Waals surface area contributed by atoms with Crippen LogP contribution >= 0.6 is 0 Å². The molecule has 7 nitrogen and oxygen atoms in total. The minimum atomic E-state index is -0.372. The van der Waals surface area contributed by atoms with E-state index in [0.717, 1.165) is 65.6 Å². The summed E-state index contributed by atoms with van der Waals surface area (Å²) in [5.74, 6) is 1.96. The smallest absolute Gasteiger partial charge is 0.219 e. The summed E-state index contributed by atoms with van der Waals surface area (Å²) in [6, 6.07) is 13.2. The fraction of sp³-hybridized carbons (Fsp3) is 0.370. The van der Waals surface area contributed by atoms with Crippen molar-refractivity contribution in [3.05, 3.63) is 71.2 Å². The Morgan fingerprint density at radius 2 is 1.77 bits per heavy atom. The van der Waals surface area contributed by atoms with Crippen LogP contribution < -0.4 is 4.90 Å². The molecule has 0 radical (unpaired) electrons. The van der Waals surface area contributed by atoms with E-state index in [1.54, 1.807) is 0 Å². The van der Waals surface area contributed by atoms with Crippen molar-refractivity contribution in [3.63, 3.8) is 0 Å². The molecular formula is C27H34B6N4O3. The van der Waals surface area contributed by atoms with Crippen molar-refractivity contribution >= 4 is 64.6 Å². The van der Waals surface area contributed by atoms with Gasteiger partial charge in [-0.2, -0.15) is 0 Å². The zero-order valence-corrected chi connectivity index (χ0v) is 24.7. The van der Waals surface area contributed by atoms with Crippen molar-refractivity contribution in [1.29, 1.82) is 0 Å². The number of ether oxygens (including phenoxy) is 2. The van der Waals surface area contributed by atoms with Crippen LogP contribution in [0.4, 0.5) is 5.69 Å². The first-order valence-corrected chi connectivity index (χ1v) is 14.4. The van der Waals surface area contributed by atoms with E-state index in [1.165, 1.54) is 5.56 Å². The average Bonchev–Trinajstić information content (AvgIpc) is 3.58. The highest BCUT2D eigenvalue weighted by Crippen LogP contribution is 2.51. The Labute approximate surface area is 242 Å². The van der Waals surface area contributed by atoms with Gasteiger partial charge in [-0.05, 0) is 37.3 Å². The third-order valence-corrected chi connectivity index (χ3v) is 7.95. The van der Waals surface area contributed by atoms with Gasteiger partial charge in [0.2, 0.25) is 5.88 Å². The van der Waals surface area contributed by atoms with Crippen molar-refractivity contribution in [2.24, 2.45) is 10.9 Å². The largest absolute Gasteiger partial charge is 0.498 e. The predicted octanol–water partition coefficient (Wildman–Crippen LogP) is -1.31. The molecule has 5 heterocycles. The summed E-state index contributed by atoms with van der Waals surface area (Å²) < 4.78 is 18.1. The number of nitrogens with zero attached hydrogens (tertiary/aromatic N) is 4. The van der Waals surface area contributed by atoms with E-state index in [1.807, 2.05) is 19.3 Å². The number of hydrogen-bond donors (Lipinski definition) is 0. The first-order chi connectivity index (χ1) is 19.0. The maximum absolute atomic E-state index is 6.40. The molecule has 0 spiro atoms. The number of aliphatic imine (C=N–C) groups is 1. The zero-order chi connectivity index (χ0) is 28.2. The Bertz CT molecular complexity index is 1480. The minimum absolute atomic E-state index is 0.0613. The van der Waals surface area contributed by atoms with Crippen molar-refractivity contribution in [2.45, 2.75) is 42.3 Å². The molecule has 1 aromatic carbocycles. The van der Waals surface area contributed by atoms with Crippen LogP contribution in [-0.2, 0) is 14.6 Å². The summed E-state index contributed by atoms with van der Waals surface area (Å²) in [6.45, 7) is 3.57. The molecule has 1 saturated heterocycles. The Kier molecular flexibility index (Phi) is 6.84. The number of hydrogen-bond acceptors (Lipinski definition) is 7. The minimum Gasteiger partial charge on any atom is -0.498 e. The molecule has 3 aliphatic rings. The van der Waals surface area contributed by atoms with Crippen molar-refractivity contribution < 1.29 is 14.0 Å². The van der Waals surface area contributed by atoms with E-state index in [9.17, 15) is 0 Å². The average molecular weight is 527 g/mol. The van der Waals surface area contributed by atoms with E-state index in [0.29, 0.717) is 11.8 Å². The van der Waals surface area contributed by atoms with Gasteiger partial charge < -0.3 is 18.9 Å². The number of fused-ring (bicyclic) bond motifs is 3. The summed E-state index contributed by atoms with van der Waals surface area (Å²) in [5.41, 5.74) is 7.28. The first kappa shape index (κ1) is 27.1. The van der Waals surface area contributed by atoms with Crippen LogP contribution in [0.15, 0.2) is 58.0 Å². The van der Waals surface area contributed by atoms with Crippen molar-refractivity contribution in [1.82, 2.24) is 10.1 Å². The maximum Gasteiger partial charge on any atom is 0.219 e. The third kappa shape index (κ3) is 4.87. The maximum atomic E-state index is 6.40. The van der Waals surface area contributed by atoms with Crippen LogP contribution in [0.5, 0.6) is 0 Å². The van der Waals surface area contributed by atoms with E-state index in [4.69, 9.17) is 24.0 Å². The topological polar surface area (TPSA) is 73.0 Å². The highest BCUT2D eigenvalue weighted by molar-refractivity contribution is 6.59. The van der Waals surface area contributed by atoms with Gasteiger partial charge in [-0.15, -0.1) is 0 Å². The van der Waals surface area contributed by atoms with Gasteiger partial charge in [0.05, 0.1) is 58.3 Å². The second-order valence-corrected chi connectivity index (χ2v) is 13.2. The number of benzene rings is 1. The third-order valence-electron chi connectivity index (χ3n) is 7.95. The SMILES string of the molecule is BC(B)(B)OC1=C2c3ncc(-c4c(C)noc4C(B)(B)B)cc3N([C@H](c3ccccc3)C3CCOCC3)C2C=N1. The van der Waals surface area contributed by atoms with Crippen LogP contribution in [0.1, 0.15) is 41.6 Å². The molecule has 0 saturated carbocycles. The lowest BCUT2D eigenvalue weighted by molar-refractivity contribution is 0.0573. The molecule has 2 aromatic heterocycles. The van der Waals surface area contributed by atoms with E-state index < -0.39 is 0 Å². The second-order valence-electron chi connectivity index (χ2n) is 13.2. The van der Waals surface area contributed by atoms with Gasteiger partial charge in [-0.1, -0.05) is 40.6 Å². The molecule has 0 N–H and O–H groups in total.